The number of aryl methyl sites for hydroxylation is 1. The van der Waals surface area contributed by atoms with Gasteiger partial charge in [-0.25, -0.2) is 13.1 Å². The molecule has 2 aromatic carbocycles. The van der Waals surface area contributed by atoms with Crippen LogP contribution in [0.5, 0.6) is 0 Å². The van der Waals surface area contributed by atoms with Crippen LogP contribution in [0.4, 0.5) is 11.4 Å². The van der Waals surface area contributed by atoms with Crippen molar-refractivity contribution < 1.29 is 8.42 Å². The number of sulfonamides is 1. The molecule has 1 aromatic heterocycles. The average Bonchev–Trinajstić information content (AvgIpc) is 2.79. The Kier molecular flexibility index (Phi) is 6.01. The van der Waals surface area contributed by atoms with Gasteiger partial charge in [0.2, 0.25) is 10.0 Å². The lowest BCUT2D eigenvalue weighted by atomic mass is 10.1. The zero-order valence-corrected chi connectivity index (χ0v) is 17.8. The number of benzene rings is 2. The number of aromatic nitrogens is 1. The molecule has 1 aliphatic rings. The minimum absolute atomic E-state index is 0.261. The molecule has 2 heterocycles. The van der Waals surface area contributed by atoms with Gasteiger partial charge >= 0.3 is 0 Å². The minimum atomic E-state index is -3.55. The van der Waals surface area contributed by atoms with Gasteiger partial charge in [0.05, 0.1) is 4.90 Å². The van der Waals surface area contributed by atoms with Gasteiger partial charge in [-0.15, -0.1) is 0 Å². The van der Waals surface area contributed by atoms with Gasteiger partial charge in [0, 0.05) is 56.5 Å². The van der Waals surface area contributed by atoms with Crippen LogP contribution in [-0.4, -0.2) is 39.6 Å². The van der Waals surface area contributed by atoms with Gasteiger partial charge in [-0.1, -0.05) is 35.9 Å². The predicted molar refractivity (Wildman–Crippen MR) is 120 cm³/mol. The molecule has 156 valence electrons. The second kappa shape index (κ2) is 8.85. The molecule has 1 saturated heterocycles. The summed E-state index contributed by atoms with van der Waals surface area (Å²) in [6.07, 6.45) is 3.63. The lowest BCUT2D eigenvalue weighted by molar-refractivity contribution is 0.581. The summed E-state index contributed by atoms with van der Waals surface area (Å²) in [5.74, 6) is 0. The van der Waals surface area contributed by atoms with E-state index in [1.807, 2.05) is 61.8 Å². The van der Waals surface area contributed by atoms with E-state index in [1.54, 1.807) is 12.1 Å². The van der Waals surface area contributed by atoms with E-state index in [-0.39, 0.29) is 11.4 Å². The summed E-state index contributed by atoms with van der Waals surface area (Å²) in [5.41, 5.74) is 4.28. The van der Waals surface area contributed by atoms with Crippen LogP contribution >= 0.6 is 0 Å². The van der Waals surface area contributed by atoms with Crippen molar-refractivity contribution >= 4 is 21.4 Å². The van der Waals surface area contributed by atoms with E-state index >= 15 is 0 Å². The van der Waals surface area contributed by atoms with E-state index < -0.39 is 10.0 Å². The molecule has 1 N–H and O–H groups in total. The van der Waals surface area contributed by atoms with Crippen LogP contribution in [0.3, 0.4) is 0 Å². The van der Waals surface area contributed by atoms with Crippen LogP contribution in [0.2, 0.25) is 0 Å². The molecule has 0 amide bonds. The lowest BCUT2D eigenvalue weighted by Crippen LogP contribution is -2.47. The van der Waals surface area contributed by atoms with Crippen molar-refractivity contribution in [1.29, 1.82) is 0 Å². The van der Waals surface area contributed by atoms with Crippen molar-refractivity contribution in [3.05, 3.63) is 84.2 Å². The number of pyridine rings is 1. The van der Waals surface area contributed by atoms with Crippen molar-refractivity contribution in [2.75, 3.05) is 36.0 Å². The molecule has 0 atom stereocenters. The third-order valence-electron chi connectivity index (χ3n) is 5.42. The zero-order chi connectivity index (χ0) is 21.0. The molecule has 0 spiro atoms. The van der Waals surface area contributed by atoms with E-state index in [4.69, 9.17) is 0 Å². The lowest BCUT2D eigenvalue weighted by Gasteiger charge is -2.38. The van der Waals surface area contributed by atoms with Crippen LogP contribution < -0.4 is 14.5 Å². The van der Waals surface area contributed by atoms with Crippen LogP contribution in [-0.2, 0) is 16.6 Å². The molecule has 0 bridgehead atoms. The number of piperazine rings is 1. The SMILES string of the molecule is Cc1ccc(S(=O)(=O)NCc2ccccc2N2CCN(c3ccncc3)CC2)cc1. The van der Waals surface area contributed by atoms with Gasteiger partial charge in [0.15, 0.2) is 0 Å². The predicted octanol–water partition coefficient (Wildman–Crippen LogP) is 3.20. The molecular formula is C23H26N4O2S. The molecule has 6 nitrogen and oxygen atoms in total. The zero-order valence-electron chi connectivity index (χ0n) is 17.0. The number of para-hydroxylation sites is 1. The molecule has 4 rings (SSSR count). The van der Waals surface area contributed by atoms with E-state index in [9.17, 15) is 8.42 Å². The second-order valence-corrected chi connectivity index (χ2v) is 9.21. The monoisotopic (exact) mass is 422 g/mol. The van der Waals surface area contributed by atoms with Crippen LogP contribution in [0.15, 0.2) is 78.0 Å². The third kappa shape index (κ3) is 4.63. The van der Waals surface area contributed by atoms with Crippen molar-refractivity contribution in [2.24, 2.45) is 0 Å². The smallest absolute Gasteiger partial charge is 0.240 e. The fourth-order valence-electron chi connectivity index (χ4n) is 3.70. The topological polar surface area (TPSA) is 65.5 Å². The highest BCUT2D eigenvalue weighted by Gasteiger charge is 2.20. The summed E-state index contributed by atoms with van der Waals surface area (Å²) in [6.45, 7) is 5.78. The fourth-order valence-corrected chi connectivity index (χ4v) is 4.71. The molecule has 0 saturated carbocycles. The fraction of sp³-hybridized carbons (Fsp3) is 0.261. The standard InChI is InChI=1S/C23H26N4O2S/c1-19-6-8-22(9-7-19)30(28,29)25-18-20-4-2-3-5-23(20)27-16-14-26(15-17-27)21-10-12-24-13-11-21/h2-13,25H,14-18H2,1H3. The quantitative estimate of drug-likeness (QED) is 0.661. The first-order valence-electron chi connectivity index (χ1n) is 10.1. The number of nitrogens with one attached hydrogen (secondary N) is 1. The van der Waals surface area contributed by atoms with Gasteiger partial charge in [0.25, 0.3) is 0 Å². The molecule has 3 aromatic rings. The largest absolute Gasteiger partial charge is 0.368 e. The molecule has 0 radical (unpaired) electrons. The normalized spacial score (nSPS) is 14.7. The first kappa shape index (κ1) is 20.4. The first-order chi connectivity index (χ1) is 14.5. The maximum Gasteiger partial charge on any atom is 0.240 e. The van der Waals surface area contributed by atoms with E-state index in [0.29, 0.717) is 0 Å². The molecule has 1 fully saturated rings. The molecule has 0 unspecified atom stereocenters. The second-order valence-electron chi connectivity index (χ2n) is 7.45. The van der Waals surface area contributed by atoms with E-state index in [2.05, 4.69) is 25.6 Å². The molecule has 7 heteroatoms. The summed E-state index contributed by atoms with van der Waals surface area (Å²) in [4.78, 5) is 9.05. The Labute approximate surface area is 178 Å². The van der Waals surface area contributed by atoms with Crippen LogP contribution in [0.1, 0.15) is 11.1 Å². The Morgan fingerprint density at radius 2 is 1.50 bits per heavy atom. The van der Waals surface area contributed by atoms with Crippen LogP contribution in [0, 0.1) is 6.92 Å². The summed E-state index contributed by atoms with van der Waals surface area (Å²) in [5, 5.41) is 0. The minimum Gasteiger partial charge on any atom is -0.368 e. The van der Waals surface area contributed by atoms with Crippen molar-refractivity contribution in [1.82, 2.24) is 9.71 Å². The number of nitrogens with zero attached hydrogens (tertiary/aromatic N) is 3. The molecular weight excluding hydrogens is 396 g/mol. The average molecular weight is 423 g/mol. The number of hydrogen-bond donors (Lipinski definition) is 1. The highest BCUT2D eigenvalue weighted by atomic mass is 32.2. The van der Waals surface area contributed by atoms with E-state index in [1.165, 1.54) is 5.69 Å². The van der Waals surface area contributed by atoms with Crippen LogP contribution in [0.25, 0.3) is 0 Å². The Hall–Kier alpha value is -2.90. The number of anilines is 2. The van der Waals surface area contributed by atoms with Gasteiger partial charge in [-0.2, -0.15) is 0 Å². The first-order valence-corrected chi connectivity index (χ1v) is 11.6. The third-order valence-corrected chi connectivity index (χ3v) is 6.84. The van der Waals surface area contributed by atoms with Crippen molar-refractivity contribution in [3.8, 4) is 0 Å². The van der Waals surface area contributed by atoms with Gasteiger partial charge < -0.3 is 9.80 Å². The van der Waals surface area contributed by atoms with Crippen molar-refractivity contribution in [3.63, 3.8) is 0 Å². The maximum atomic E-state index is 12.7. The van der Waals surface area contributed by atoms with Gasteiger partial charge in [0.1, 0.15) is 0 Å². The number of hydrogen-bond acceptors (Lipinski definition) is 5. The summed E-state index contributed by atoms with van der Waals surface area (Å²) in [7, 11) is -3.55. The summed E-state index contributed by atoms with van der Waals surface area (Å²) < 4.78 is 28.1. The van der Waals surface area contributed by atoms with E-state index in [0.717, 1.165) is 43.0 Å². The van der Waals surface area contributed by atoms with Gasteiger partial charge in [-0.3, -0.25) is 4.98 Å². The maximum absolute atomic E-state index is 12.7. The highest BCUT2D eigenvalue weighted by Crippen LogP contribution is 2.24. The molecule has 30 heavy (non-hydrogen) atoms. The Bertz CT molecular complexity index is 1080. The number of rotatable bonds is 6. The highest BCUT2D eigenvalue weighted by molar-refractivity contribution is 7.89. The molecule has 0 aliphatic carbocycles. The summed E-state index contributed by atoms with van der Waals surface area (Å²) >= 11 is 0. The Balaban J connectivity index is 1.44. The Morgan fingerprint density at radius 1 is 0.867 bits per heavy atom. The molecule has 1 aliphatic heterocycles. The van der Waals surface area contributed by atoms with Crippen molar-refractivity contribution in [2.45, 2.75) is 18.4 Å². The van der Waals surface area contributed by atoms with Gasteiger partial charge in [-0.05, 0) is 42.8 Å². The summed E-state index contributed by atoms with van der Waals surface area (Å²) in [6, 6.07) is 19.0. The Morgan fingerprint density at radius 3 is 2.20 bits per heavy atom.